The zero-order valence-electron chi connectivity index (χ0n) is 46.6. The van der Waals surface area contributed by atoms with Gasteiger partial charge in [0.1, 0.15) is 22.4 Å². The van der Waals surface area contributed by atoms with Gasteiger partial charge in [-0.2, -0.15) is 11.4 Å². The average Bonchev–Trinajstić information content (AvgIpc) is 3.31. The Hall–Kier alpha value is -5.29. The molecule has 4 aromatic rings. The second-order valence-corrected chi connectivity index (χ2v) is 19.7. The van der Waals surface area contributed by atoms with Gasteiger partial charge in [-0.3, -0.25) is 9.98 Å². The summed E-state index contributed by atoms with van der Waals surface area (Å²) < 4.78 is 0. The van der Waals surface area contributed by atoms with E-state index in [-0.39, 0.29) is 33.6 Å². The quantitative estimate of drug-likeness (QED) is 0.100. The van der Waals surface area contributed by atoms with E-state index in [0.29, 0.717) is 47.3 Å². The number of allylic oxidation sites excluding steroid dienone is 4. The molecule has 14 heteroatoms. The minimum Gasteiger partial charge on any atom is -0.661 e. The van der Waals surface area contributed by atoms with Crippen LogP contribution in [0, 0.1) is 19.6 Å². The van der Waals surface area contributed by atoms with Gasteiger partial charge in [-0.15, -0.1) is 31.0 Å². The number of nitroso groups, excluding NO2 is 4. The van der Waals surface area contributed by atoms with Crippen molar-refractivity contribution in [3.8, 4) is 0 Å². The SMILES string of the molecule is CC(/C=C(/C)[N-]c1c(C(C)C)cccc1C(C)C)=Nc1c(C(C)C)cccc1C(C)C.CC(/C=C(/C)[N-]c1c(C(C)C)cccc1C(C)C)=Nc1c(C(C)C)cccc1C(C)C.[Co].[Co].[N]=O.[N]=O.[N]=O.[N]=O. The van der Waals surface area contributed by atoms with Gasteiger partial charge in [0, 0.05) is 45.0 Å². The van der Waals surface area contributed by atoms with Crippen molar-refractivity contribution < 1.29 is 33.6 Å². The molecule has 6 radical (unpaired) electrons. The van der Waals surface area contributed by atoms with Gasteiger partial charge < -0.3 is 10.6 Å². The molecule has 0 spiro atoms. The van der Waals surface area contributed by atoms with Gasteiger partial charge in [0.2, 0.25) is 0 Å². The molecule has 12 nitrogen and oxygen atoms in total. The number of hydrogen-bond donors (Lipinski definition) is 0. The van der Waals surface area contributed by atoms with E-state index in [1.165, 1.54) is 44.5 Å². The van der Waals surface area contributed by atoms with Crippen molar-refractivity contribution in [3.63, 3.8) is 0 Å². The number of benzene rings is 4. The van der Waals surface area contributed by atoms with E-state index in [0.717, 1.165) is 45.6 Å². The maximum Gasteiger partial charge on any atom is 0.120 e. The first-order chi connectivity index (χ1) is 33.0. The Morgan fingerprint density at radius 3 is 0.681 bits per heavy atom. The summed E-state index contributed by atoms with van der Waals surface area (Å²) >= 11 is 0. The van der Waals surface area contributed by atoms with Crippen LogP contribution in [0.15, 0.2) is 106 Å². The molecule has 0 aliphatic heterocycles. The molecule has 398 valence electrons. The van der Waals surface area contributed by atoms with Crippen molar-refractivity contribution in [2.75, 3.05) is 0 Å². The Morgan fingerprint density at radius 1 is 0.347 bits per heavy atom. The first-order valence-electron chi connectivity index (χ1n) is 24.2. The zero-order chi connectivity index (χ0) is 54.6. The molecule has 0 aliphatic carbocycles. The molecule has 4 aromatic carbocycles. The third kappa shape index (κ3) is 23.1. The fourth-order valence-electron chi connectivity index (χ4n) is 8.00. The van der Waals surface area contributed by atoms with Crippen LogP contribution in [-0.2, 0) is 33.6 Å². The van der Waals surface area contributed by atoms with Crippen molar-refractivity contribution >= 4 is 34.2 Å². The second kappa shape index (κ2) is 38.3. The molecule has 0 aromatic heterocycles. The van der Waals surface area contributed by atoms with Gasteiger partial charge in [-0.1, -0.05) is 232 Å². The summed E-state index contributed by atoms with van der Waals surface area (Å²) in [5.41, 5.74) is 41.9. The Morgan fingerprint density at radius 2 is 0.514 bits per heavy atom. The van der Waals surface area contributed by atoms with E-state index in [1.807, 2.05) is 0 Å². The zero-order valence-corrected chi connectivity index (χ0v) is 48.7. The van der Waals surface area contributed by atoms with Crippen LogP contribution < -0.4 is 22.4 Å². The van der Waals surface area contributed by atoms with Crippen LogP contribution in [0.2, 0.25) is 0 Å². The average molecular weight is 1070 g/mol. The van der Waals surface area contributed by atoms with Gasteiger partial charge in [0.25, 0.3) is 0 Å². The molecule has 4 rings (SSSR count). The predicted octanol–water partition coefficient (Wildman–Crippen LogP) is 18.0. The summed E-state index contributed by atoms with van der Waals surface area (Å²) in [6.07, 6.45) is 4.23. The third-order valence-corrected chi connectivity index (χ3v) is 11.4. The molecule has 0 heterocycles. The second-order valence-electron chi connectivity index (χ2n) is 19.7. The summed E-state index contributed by atoms with van der Waals surface area (Å²) in [5, 5.41) is 10.2. The molecule has 0 aliphatic rings. The van der Waals surface area contributed by atoms with Gasteiger partial charge in [0.15, 0.2) is 0 Å². The molecule has 0 atom stereocenters. The first kappa shape index (κ1) is 73.2. The minimum absolute atomic E-state index is 0. The molecule has 0 fully saturated rings. The summed E-state index contributed by atoms with van der Waals surface area (Å²) in [4.78, 5) is 39.2. The van der Waals surface area contributed by atoms with Gasteiger partial charge in [-0.25, -0.2) is 0 Å². The topological polar surface area (TPSA) is 210 Å². The van der Waals surface area contributed by atoms with Crippen molar-refractivity contribution in [1.82, 2.24) is 22.4 Å². The van der Waals surface area contributed by atoms with E-state index >= 15 is 0 Å². The van der Waals surface area contributed by atoms with Crippen LogP contribution in [0.5, 0.6) is 0 Å². The number of nitrogens with zero attached hydrogens (tertiary/aromatic N) is 8. The van der Waals surface area contributed by atoms with Crippen molar-refractivity contribution in [2.24, 2.45) is 9.98 Å². The maximum absolute atomic E-state index is 7.25. The van der Waals surface area contributed by atoms with Crippen molar-refractivity contribution in [1.29, 1.82) is 0 Å². The van der Waals surface area contributed by atoms with Crippen LogP contribution in [0.1, 0.15) is 230 Å². The number of hydrogen-bond acceptors (Lipinski definition) is 6. The van der Waals surface area contributed by atoms with Crippen LogP contribution in [0.25, 0.3) is 10.6 Å². The molecule has 0 saturated heterocycles. The molecule has 0 N–H and O–H groups in total. The largest absolute Gasteiger partial charge is 0.661 e. The fraction of sp³-hybridized carbons (Fsp3) is 0.483. The molecule has 0 saturated carbocycles. The molecule has 0 bridgehead atoms. The predicted molar refractivity (Wildman–Crippen MR) is 300 cm³/mol. The molecular formula is C58H82Co2N8O4-2. The summed E-state index contributed by atoms with van der Waals surface area (Å²) in [7, 11) is 0. The van der Waals surface area contributed by atoms with E-state index < -0.39 is 0 Å². The summed E-state index contributed by atoms with van der Waals surface area (Å²) in [6, 6.07) is 26.3. The number of aliphatic imine (C=N–C) groups is 2. The first-order valence-corrected chi connectivity index (χ1v) is 24.2. The Labute approximate surface area is 454 Å². The summed E-state index contributed by atoms with van der Waals surface area (Å²) in [6.45, 7) is 44.1. The molecule has 0 amide bonds. The Kier molecular flexibility index (Phi) is 39.0. The monoisotopic (exact) mass is 1070 g/mol. The minimum atomic E-state index is 0. The van der Waals surface area contributed by atoms with Crippen molar-refractivity contribution in [3.05, 3.63) is 171 Å². The third-order valence-electron chi connectivity index (χ3n) is 11.4. The smallest absolute Gasteiger partial charge is 0.120 e. The van der Waals surface area contributed by atoms with Crippen LogP contribution >= 0.6 is 0 Å². The molecular weight excluding hydrogens is 991 g/mol. The van der Waals surface area contributed by atoms with Crippen molar-refractivity contribution in [2.45, 2.75) is 186 Å². The molecule has 72 heavy (non-hydrogen) atoms. The Bertz CT molecular complexity index is 2050. The van der Waals surface area contributed by atoms with Crippen LogP contribution in [0.3, 0.4) is 0 Å². The van der Waals surface area contributed by atoms with E-state index in [9.17, 15) is 0 Å². The van der Waals surface area contributed by atoms with Gasteiger partial charge in [-0.05, 0) is 83.4 Å². The van der Waals surface area contributed by atoms with E-state index in [4.69, 9.17) is 62.6 Å². The van der Waals surface area contributed by atoms with E-state index in [1.54, 1.807) is 0 Å². The molecule has 0 unspecified atom stereocenters. The van der Waals surface area contributed by atoms with Gasteiger partial charge >= 0.3 is 0 Å². The fourth-order valence-corrected chi connectivity index (χ4v) is 8.00. The summed E-state index contributed by atoms with van der Waals surface area (Å²) in [5.74, 6) is 3.49. The van der Waals surface area contributed by atoms with Gasteiger partial charge in [0.05, 0.1) is 11.4 Å². The maximum atomic E-state index is 7.25. The van der Waals surface area contributed by atoms with Crippen LogP contribution in [-0.4, -0.2) is 11.4 Å². The standard InChI is InChI=1S/2C29H41N2.2Co.4NO/c2*1-18(2)24-13-11-14-25(19(3)4)28(24)30-22(9)17-23(10)31-29-26(20(5)6)15-12-16-27(29)21(7)8;;;4*1-2/h2*11-21H,1-10H3;;;;;;/q2*-1;;;;;;/b2*22-17-,31-23?;;;;;;. The Balaban J connectivity index is -0.000000550. The number of rotatable bonds is 16. The van der Waals surface area contributed by atoms with E-state index in [2.05, 4.69) is 223 Å². The normalized spacial score (nSPS) is 11.5. The van der Waals surface area contributed by atoms with Crippen LogP contribution in [0.4, 0.5) is 22.7 Å². The number of para-hydroxylation sites is 4.